The number of rotatable bonds is 5. The van der Waals surface area contributed by atoms with Crippen LogP contribution in [0.3, 0.4) is 0 Å². The summed E-state index contributed by atoms with van der Waals surface area (Å²) >= 11 is 5.77. The Balaban J connectivity index is 1.93. The smallest absolute Gasteiger partial charge is 0.288 e. The van der Waals surface area contributed by atoms with E-state index in [4.69, 9.17) is 16.3 Å². The van der Waals surface area contributed by atoms with Gasteiger partial charge in [0.15, 0.2) is 0 Å². The van der Waals surface area contributed by atoms with Gasteiger partial charge in [-0.05, 0) is 36.8 Å². The quantitative estimate of drug-likeness (QED) is 0.580. The van der Waals surface area contributed by atoms with Crippen LogP contribution >= 0.6 is 11.6 Å². The Labute approximate surface area is 166 Å². The number of carbonyl (C=O) groups excluding carboxylic acids is 1. The van der Waals surface area contributed by atoms with Crippen LogP contribution < -0.4 is 14.4 Å². The molecule has 0 saturated carbocycles. The molecule has 1 fully saturated rings. The molecule has 1 aliphatic heterocycles. The first-order valence-corrected chi connectivity index (χ1v) is 10.2. The molecule has 1 aliphatic rings. The predicted octanol–water partition coefficient (Wildman–Crippen LogP) is 3.05. The van der Waals surface area contributed by atoms with Crippen LogP contribution in [-0.4, -0.2) is 38.7 Å². The molecule has 2 aromatic carbocycles. The second-order valence-electron chi connectivity index (χ2n) is 6.00. The third-order valence-corrected chi connectivity index (χ3v) is 6.41. The number of ether oxygens (including phenoxy) is 1. The van der Waals surface area contributed by atoms with Crippen LogP contribution in [0.5, 0.6) is 5.75 Å². The van der Waals surface area contributed by atoms with Gasteiger partial charge < -0.3 is 10.1 Å². The molecule has 0 spiro atoms. The molecule has 11 heteroatoms. The lowest BCUT2D eigenvalue weighted by atomic mass is 10.1. The number of nitrogens with zero attached hydrogens (tertiary/aromatic N) is 2. The topological polar surface area (TPSA) is 119 Å². The predicted molar refractivity (Wildman–Crippen MR) is 105 cm³/mol. The average Bonchev–Trinajstić information content (AvgIpc) is 3.00. The SMILES string of the molecule is COc1ccc(N2CCCS2(=O)=O)cc1NC(=O)c1ccc(Cl)c([N+](=O)[O-])c1. The van der Waals surface area contributed by atoms with Crippen LogP contribution in [0, 0.1) is 10.1 Å². The van der Waals surface area contributed by atoms with Gasteiger partial charge in [0.2, 0.25) is 10.0 Å². The molecule has 0 unspecified atom stereocenters. The fraction of sp³-hybridized carbons (Fsp3) is 0.235. The summed E-state index contributed by atoms with van der Waals surface area (Å²) in [6.07, 6.45) is 0.518. The molecular formula is C17H16ClN3O6S. The van der Waals surface area contributed by atoms with E-state index in [0.717, 1.165) is 6.07 Å². The molecule has 9 nitrogen and oxygen atoms in total. The van der Waals surface area contributed by atoms with Crippen molar-refractivity contribution >= 4 is 44.6 Å². The Morgan fingerprint density at radius 1 is 1.29 bits per heavy atom. The number of nitro groups is 1. The largest absolute Gasteiger partial charge is 0.495 e. The van der Waals surface area contributed by atoms with Gasteiger partial charge in [0.05, 0.1) is 29.2 Å². The number of benzene rings is 2. The molecule has 1 saturated heterocycles. The fourth-order valence-corrected chi connectivity index (χ4v) is 4.61. The van der Waals surface area contributed by atoms with E-state index in [0.29, 0.717) is 24.4 Å². The normalized spacial score (nSPS) is 15.3. The Bertz CT molecular complexity index is 1060. The van der Waals surface area contributed by atoms with Crippen molar-refractivity contribution in [3.8, 4) is 5.75 Å². The minimum absolute atomic E-state index is 0.0253. The summed E-state index contributed by atoms with van der Waals surface area (Å²) in [4.78, 5) is 22.9. The highest BCUT2D eigenvalue weighted by atomic mass is 35.5. The molecule has 0 aromatic heterocycles. The van der Waals surface area contributed by atoms with Gasteiger partial charge in [-0.25, -0.2) is 8.42 Å². The lowest BCUT2D eigenvalue weighted by molar-refractivity contribution is -0.384. The van der Waals surface area contributed by atoms with E-state index in [2.05, 4.69) is 5.32 Å². The summed E-state index contributed by atoms with van der Waals surface area (Å²) in [7, 11) is -1.98. The summed E-state index contributed by atoms with van der Waals surface area (Å²) in [5.41, 5.74) is 0.274. The Kier molecular flexibility index (Phi) is 5.43. The van der Waals surface area contributed by atoms with Crippen molar-refractivity contribution in [3.63, 3.8) is 0 Å². The Morgan fingerprint density at radius 2 is 2.04 bits per heavy atom. The highest BCUT2D eigenvalue weighted by molar-refractivity contribution is 7.93. The van der Waals surface area contributed by atoms with E-state index in [-0.39, 0.29) is 22.0 Å². The van der Waals surface area contributed by atoms with Crippen LogP contribution in [0.25, 0.3) is 0 Å². The second kappa shape index (κ2) is 7.64. The number of carbonyl (C=O) groups is 1. The molecular weight excluding hydrogens is 410 g/mol. The molecule has 0 bridgehead atoms. The number of nitrogens with one attached hydrogen (secondary N) is 1. The highest BCUT2D eigenvalue weighted by Crippen LogP contribution is 2.33. The van der Waals surface area contributed by atoms with Crippen LogP contribution in [0.4, 0.5) is 17.1 Å². The maximum absolute atomic E-state index is 12.6. The molecule has 1 N–H and O–H groups in total. The van der Waals surface area contributed by atoms with Gasteiger partial charge in [-0.15, -0.1) is 0 Å². The van der Waals surface area contributed by atoms with Gasteiger partial charge in [0.25, 0.3) is 11.6 Å². The zero-order valence-electron chi connectivity index (χ0n) is 14.7. The number of hydrogen-bond donors (Lipinski definition) is 1. The van der Waals surface area contributed by atoms with Crippen LogP contribution in [0.2, 0.25) is 5.02 Å². The third-order valence-electron chi connectivity index (χ3n) is 4.22. The van der Waals surface area contributed by atoms with Gasteiger partial charge in [-0.2, -0.15) is 0 Å². The zero-order valence-corrected chi connectivity index (χ0v) is 16.3. The summed E-state index contributed by atoms with van der Waals surface area (Å²) in [5, 5.41) is 13.5. The monoisotopic (exact) mass is 425 g/mol. The molecule has 2 aromatic rings. The van der Waals surface area contributed by atoms with Crippen LogP contribution in [0.15, 0.2) is 36.4 Å². The first kappa shape index (κ1) is 19.9. The first-order chi connectivity index (χ1) is 13.2. The lowest BCUT2D eigenvalue weighted by Crippen LogP contribution is -2.25. The minimum atomic E-state index is -3.39. The van der Waals surface area contributed by atoms with E-state index in [1.807, 2.05) is 0 Å². The summed E-state index contributed by atoms with van der Waals surface area (Å²) in [6, 6.07) is 8.31. The van der Waals surface area contributed by atoms with Crippen LogP contribution in [0.1, 0.15) is 16.8 Å². The van der Waals surface area contributed by atoms with Gasteiger partial charge in [0, 0.05) is 18.2 Å². The highest BCUT2D eigenvalue weighted by Gasteiger charge is 2.29. The van der Waals surface area contributed by atoms with Gasteiger partial charge in [-0.1, -0.05) is 11.6 Å². The number of methoxy groups -OCH3 is 1. The summed E-state index contributed by atoms with van der Waals surface area (Å²) in [6.45, 7) is 0.353. The maximum atomic E-state index is 12.6. The zero-order chi connectivity index (χ0) is 20.5. The van der Waals surface area contributed by atoms with E-state index in [1.54, 1.807) is 12.1 Å². The van der Waals surface area contributed by atoms with Crippen molar-refractivity contribution in [2.45, 2.75) is 6.42 Å². The van der Waals surface area contributed by atoms with E-state index >= 15 is 0 Å². The molecule has 0 atom stereocenters. The molecule has 1 heterocycles. The van der Waals surface area contributed by atoms with Crippen molar-refractivity contribution in [1.29, 1.82) is 0 Å². The van der Waals surface area contributed by atoms with Crippen molar-refractivity contribution in [2.75, 3.05) is 29.0 Å². The summed E-state index contributed by atoms with van der Waals surface area (Å²) in [5.74, 6) is -0.244. The Morgan fingerprint density at radius 3 is 2.64 bits per heavy atom. The first-order valence-electron chi connectivity index (χ1n) is 8.16. The second-order valence-corrected chi connectivity index (χ2v) is 8.42. The number of anilines is 2. The number of halogens is 1. The molecule has 1 amide bonds. The van der Waals surface area contributed by atoms with Crippen molar-refractivity contribution in [2.24, 2.45) is 0 Å². The van der Waals surface area contributed by atoms with Crippen molar-refractivity contribution in [3.05, 3.63) is 57.1 Å². The maximum Gasteiger partial charge on any atom is 0.288 e. The number of nitro benzene ring substituents is 1. The van der Waals surface area contributed by atoms with Gasteiger partial charge >= 0.3 is 0 Å². The van der Waals surface area contributed by atoms with Gasteiger partial charge in [0.1, 0.15) is 10.8 Å². The van der Waals surface area contributed by atoms with E-state index in [9.17, 15) is 23.3 Å². The van der Waals surface area contributed by atoms with Gasteiger partial charge in [-0.3, -0.25) is 19.2 Å². The van der Waals surface area contributed by atoms with Crippen molar-refractivity contribution in [1.82, 2.24) is 0 Å². The fourth-order valence-electron chi connectivity index (χ4n) is 2.87. The Hall–Kier alpha value is -2.85. The van der Waals surface area contributed by atoms with E-state index in [1.165, 1.54) is 29.6 Å². The van der Waals surface area contributed by atoms with E-state index < -0.39 is 26.5 Å². The lowest BCUT2D eigenvalue weighted by Gasteiger charge is -2.19. The van der Waals surface area contributed by atoms with Crippen LogP contribution in [-0.2, 0) is 10.0 Å². The molecule has 148 valence electrons. The van der Waals surface area contributed by atoms with Crippen molar-refractivity contribution < 1.29 is 22.9 Å². The molecule has 0 radical (unpaired) electrons. The average molecular weight is 426 g/mol. The number of sulfonamides is 1. The summed E-state index contributed by atoms with van der Waals surface area (Å²) < 4.78 is 30.8. The standard InChI is InChI=1S/C17H16ClN3O6S/c1-27-16-6-4-12(20-7-2-8-28(20,25)26)10-14(16)19-17(22)11-3-5-13(18)15(9-11)21(23)24/h3-6,9-10H,2,7-8H2,1H3,(H,19,22). The molecule has 3 rings (SSSR count). The number of hydrogen-bond acceptors (Lipinski definition) is 6. The third kappa shape index (κ3) is 3.87. The molecule has 0 aliphatic carbocycles. The minimum Gasteiger partial charge on any atom is -0.495 e. The molecule has 28 heavy (non-hydrogen) atoms. The number of amides is 1.